The number of para-hydroxylation sites is 3. The van der Waals surface area contributed by atoms with Crippen molar-refractivity contribution in [1.29, 1.82) is 5.26 Å². The molecule has 2 nitrogen and oxygen atoms in total. The van der Waals surface area contributed by atoms with E-state index in [4.69, 9.17) is 0 Å². The summed E-state index contributed by atoms with van der Waals surface area (Å²) < 4.78 is 4.72. The van der Waals surface area contributed by atoms with Crippen LogP contribution in [0.1, 0.15) is 5.56 Å². The molecule has 0 atom stereocenters. The summed E-state index contributed by atoms with van der Waals surface area (Å²) in [6, 6.07) is 40.7. The Labute approximate surface area is 200 Å². The molecule has 7 aromatic rings. The van der Waals surface area contributed by atoms with Gasteiger partial charge >= 0.3 is 0 Å². The third-order valence-corrected chi connectivity index (χ3v) is 7.79. The Morgan fingerprint density at radius 2 is 1.18 bits per heavy atom. The number of nitriles is 1. The highest BCUT2D eigenvalue weighted by Crippen LogP contribution is 2.41. The van der Waals surface area contributed by atoms with E-state index in [0.717, 1.165) is 32.5 Å². The Balaban J connectivity index is 1.59. The van der Waals surface area contributed by atoms with Crippen LogP contribution in [0.4, 0.5) is 0 Å². The van der Waals surface area contributed by atoms with E-state index in [1.807, 2.05) is 0 Å². The van der Waals surface area contributed by atoms with Gasteiger partial charge in [-0.25, -0.2) is 0 Å². The highest BCUT2D eigenvalue weighted by molar-refractivity contribution is 7.25. The second-order valence-corrected chi connectivity index (χ2v) is 9.57. The van der Waals surface area contributed by atoms with Crippen LogP contribution in [0.2, 0.25) is 0 Å². The first kappa shape index (κ1) is 19.1. The van der Waals surface area contributed by atoms with Crippen molar-refractivity contribution in [3.8, 4) is 22.9 Å². The Hall–Kier alpha value is -4.39. The summed E-state index contributed by atoms with van der Waals surface area (Å²) >= 11 is 1.74. The molecule has 0 radical (unpaired) electrons. The van der Waals surface area contributed by atoms with Crippen LogP contribution in [0.15, 0.2) is 109 Å². The van der Waals surface area contributed by atoms with Crippen molar-refractivity contribution in [3.05, 3.63) is 115 Å². The molecule has 5 aromatic carbocycles. The molecular formula is C31H18N2S. The highest BCUT2D eigenvalue weighted by Gasteiger charge is 2.18. The molecule has 3 heteroatoms. The molecule has 0 N–H and O–H groups in total. The van der Waals surface area contributed by atoms with Crippen LogP contribution in [-0.4, -0.2) is 4.57 Å². The van der Waals surface area contributed by atoms with Gasteiger partial charge in [0.1, 0.15) is 0 Å². The van der Waals surface area contributed by atoms with E-state index < -0.39 is 0 Å². The fourth-order valence-electron chi connectivity index (χ4n) is 5.17. The van der Waals surface area contributed by atoms with Gasteiger partial charge in [0.2, 0.25) is 0 Å². The van der Waals surface area contributed by atoms with Crippen LogP contribution in [0.3, 0.4) is 0 Å². The fourth-order valence-corrected chi connectivity index (χ4v) is 6.29. The van der Waals surface area contributed by atoms with E-state index in [2.05, 4.69) is 120 Å². The first-order valence-corrected chi connectivity index (χ1v) is 12.1. The SMILES string of the molecule is N#Cc1cc2sc3ccccc3c2cc1-c1ccccc1-n1c2ccccc2c2ccccc21. The summed E-state index contributed by atoms with van der Waals surface area (Å²) in [5.41, 5.74) is 6.13. The second-order valence-electron chi connectivity index (χ2n) is 8.49. The minimum absolute atomic E-state index is 0.701. The molecule has 34 heavy (non-hydrogen) atoms. The van der Waals surface area contributed by atoms with Crippen LogP contribution < -0.4 is 0 Å². The number of nitrogens with zero attached hydrogens (tertiary/aromatic N) is 2. The normalized spacial score (nSPS) is 11.5. The number of rotatable bonds is 2. The van der Waals surface area contributed by atoms with Crippen molar-refractivity contribution in [1.82, 2.24) is 4.57 Å². The molecule has 0 saturated carbocycles. The summed E-state index contributed by atoms with van der Waals surface area (Å²) in [6.07, 6.45) is 0. The van der Waals surface area contributed by atoms with Gasteiger partial charge in [0.25, 0.3) is 0 Å². The maximum Gasteiger partial charge on any atom is 0.0998 e. The molecule has 7 rings (SSSR count). The van der Waals surface area contributed by atoms with Gasteiger partial charge in [0.15, 0.2) is 0 Å². The lowest BCUT2D eigenvalue weighted by molar-refractivity contribution is 1.18. The number of thiophene rings is 1. The Bertz CT molecular complexity index is 1880. The fraction of sp³-hybridized carbons (Fsp3) is 0. The molecule has 0 aliphatic carbocycles. The molecule has 0 aliphatic heterocycles. The summed E-state index contributed by atoms with van der Waals surface area (Å²) in [4.78, 5) is 0. The van der Waals surface area contributed by atoms with Crippen molar-refractivity contribution >= 4 is 53.3 Å². The molecule has 0 amide bonds. The van der Waals surface area contributed by atoms with Gasteiger partial charge in [-0.1, -0.05) is 72.8 Å². The van der Waals surface area contributed by atoms with Crippen LogP contribution in [0.5, 0.6) is 0 Å². The average Bonchev–Trinajstić information content (AvgIpc) is 3.43. The number of hydrogen-bond donors (Lipinski definition) is 0. The number of benzene rings is 5. The van der Waals surface area contributed by atoms with E-state index in [0.29, 0.717) is 5.56 Å². The summed E-state index contributed by atoms with van der Waals surface area (Å²) in [5.74, 6) is 0. The molecule has 0 aliphatic rings. The Morgan fingerprint density at radius 3 is 1.91 bits per heavy atom. The zero-order valence-corrected chi connectivity index (χ0v) is 19.0. The van der Waals surface area contributed by atoms with E-state index in [9.17, 15) is 5.26 Å². The van der Waals surface area contributed by atoms with Gasteiger partial charge in [0.05, 0.1) is 28.4 Å². The minimum Gasteiger partial charge on any atom is -0.309 e. The minimum atomic E-state index is 0.701. The van der Waals surface area contributed by atoms with Crippen LogP contribution in [0.25, 0.3) is 58.8 Å². The maximum absolute atomic E-state index is 10.1. The maximum atomic E-state index is 10.1. The summed E-state index contributed by atoms with van der Waals surface area (Å²) in [7, 11) is 0. The monoisotopic (exact) mass is 450 g/mol. The van der Waals surface area contributed by atoms with E-state index in [1.165, 1.54) is 26.2 Å². The van der Waals surface area contributed by atoms with Crippen LogP contribution >= 0.6 is 11.3 Å². The molecule has 158 valence electrons. The van der Waals surface area contributed by atoms with Crippen LogP contribution in [-0.2, 0) is 0 Å². The molecule has 2 aromatic heterocycles. The topological polar surface area (TPSA) is 28.7 Å². The second kappa shape index (κ2) is 7.31. The quantitative estimate of drug-likeness (QED) is 0.259. The Morgan fingerprint density at radius 1 is 0.559 bits per heavy atom. The largest absolute Gasteiger partial charge is 0.309 e. The van der Waals surface area contributed by atoms with Crippen molar-refractivity contribution in [2.24, 2.45) is 0 Å². The standard InChI is InChI=1S/C31H18N2S/c32-19-20-17-31-26(24-12-4-8-16-30(24)34-31)18-25(20)23-11-3-7-15-29(23)33-27-13-5-1-9-21(27)22-10-2-6-14-28(22)33/h1-18H. The van der Waals surface area contributed by atoms with Crippen molar-refractivity contribution < 1.29 is 0 Å². The molecule has 0 spiro atoms. The summed E-state index contributed by atoms with van der Waals surface area (Å²) in [6.45, 7) is 0. The summed E-state index contributed by atoms with van der Waals surface area (Å²) in [5, 5.41) is 15.0. The lowest BCUT2D eigenvalue weighted by Gasteiger charge is -2.15. The number of hydrogen-bond acceptors (Lipinski definition) is 2. The van der Waals surface area contributed by atoms with E-state index in [1.54, 1.807) is 11.3 Å². The van der Waals surface area contributed by atoms with Gasteiger partial charge in [-0.15, -0.1) is 11.3 Å². The lowest BCUT2D eigenvalue weighted by Crippen LogP contribution is -1.98. The molecule has 0 bridgehead atoms. The zero-order valence-electron chi connectivity index (χ0n) is 18.2. The Kier molecular flexibility index (Phi) is 4.11. The first-order valence-electron chi connectivity index (χ1n) is 11.3. The van der Waals surface area contributed by atoms with Gasteiger partial charge < -0.3 is 4.57 Å². The van der Waals surface area contributed by atoms with Crippen molar-refractivity contribution in [3.63, 3.8) is 0 Å². The van der Waals surface area contributed by atoms with E-state index >= 15 is 0 Å². The highest BCUT2D eigenvalue weighted by atomic mass is 32.1. The van der Waals surface area contributed by atoms with Crippen molar-refractivity contribution in [2.75, 3.05) is 0 Å². The van der Waals surface area contributed by atoms with Gasteiger partial charge in [-0.3, -0.25) is 0 Å². The van der Waals surface area contributed by atoms with E-state index in [-0.39, 0.29) is 0 Å². The van der Waals surface area contributed by atoms with Gasteiger partial charge in [-0.05, 0) is 36.4 Å². The first-order chi connectivity index (χ1) is 16.8. The van der Waals surface area contributed by atoms with Crippen molar-refractivity contribution in [2.45, 2.75) is 0 Å². The van der Waals surface area contributed by atoms with Gasteiger partial charge in [0, 0.05) is 42.1 Å². The number of aromatic nitrogens is 1. The molecule has 0 saturated heterocycles. The van der Waals surface area contributed by atoms with Gasteiger partial charge in [-0.2, -0.15) is 5.26 Å². The molecule has 0 unspecified atom stereocenters. The lowest BCUT2D eigenvalue weighted by atomic mass is 9.96. The molecular weight excluding hydrogens is 432 g/mol. The van der Waals surface area contributed by atoms with Crippen LogP contribution in [0, 0.1) is 11.3 Å². The predicted octanol–water partition coefficient (Wildman–Crippen LogP) is 8.69. The number of fused-ring (bicyclic) bond motifs is 6. The zero-order chi connectivity index (χ0) is 22.6. The molecule has 0 fully saturated rings. The third-order valence-electron chi connectivity index (χ3n) is 6.65. The third kappa shape index (κ3) is 2.67. The average molecular weight is 451 g/mol. The predicted molar refractivity (Wildman–Crippen MR) is 144 cm³/mol. The smallest absolute Gasteiger partial charge is 0.0998 e. The molecule has 2 heterocycles.